The Morgan fingerprint density at radius 3 is 1.79 bits per heavy atom. The van der Waals surface area contributed by atoms with E-state index < -0.39 is 29.3 Å². The van der Waals surface area contributed by atoms with Crippen molar-refractivity contribution < 1.29 is 22.0 Å². The molecule has 0 aromatic rings. The number of hydrogen-bond acceptors (Lipinski definition) is 1. The normalized spacial score (nSPS) is 31.7. The van der Waals surface area contributed by atoms with Crippen molar-refractivity contribution in [3.8, 4) is 0 Å². The van der Waals surface area contributed by atoms with E-state index in [1.807, 2.05) is 0 Å². The summed E-state index contributed by atoms with van der Waals surface area (Å²) in [6.45, 7) is 2.63. The first-order chi connectivity index (χ1) is 6.06. The Hall–Kier alpha value is -0.390. The SMILES string of the molecule is CC1(C)C(CN)C1C(F)(F)C(F)(F)F. The molecule has 0 aromatic heterocycles. The van der Waals surface area contributed by atoms with Gasteiger partial charge in [-0.15, -0.1) is 0 Å². The molecule has 0 aromatic carbocycles. The minimum atomic E-state index is -5.47. The molecule has 1 fully saturated rings. The van der Waals surface area contributed by atoms with Gasteiger partial charge in [-0.2, -0.15) is 22.0 Å². The molecule has 1 nitrogen and oxygen atoms in total. The highest BCUT2D eigenvalue weighted by Crippen LogP contribution is 2.67. The summed E-state index contributed by atoms with van der Waals surface area (Å²) in [6, 6.07) is 0. The second-order valence-corrected chi connectivity index (χ2v) is 4.26. The van der Waals surface area contributed by atoms with Crippen LogP contribution in [0.25, 0.3) is 0 Å². The third kappa shape index (κ3) is 1.39. The quantitative estimate of drug-likeness (QED) is 0.706. The Bertz CT molecular complexity index is 232. The summed E-state index contributed by atoms with van der Waals surface area (Å²) >= 11 is 0. The first-order valence-corrected chi connectivity index (χ1v) is 4.21. The van der Waals surface area contributed by atoms with E-state index >= 15 is 0 Å². The predicted octanol–water partition coefficient (Wildman–Crippen LogP) is 2.41. The molecule has 0 amide bonds. The zero-order valence-electron chi connectivity index (χ0n) is 7.83. The van der Waals surface area contributed by atoms with Crippen molar-refractivity contribution in [2.75, 3.05) is 6.54 Å². The van der Waals surface area contributed by atoms with Crippen LogP contribution in [0, 0.1) is 17.3 Å². The Labute approximate surface area is 78.5 Å². The lowest BCUT2D eigenvalue weighted by atomic mass is 10.1. The van der Waals surface area contributed by atoms with Gasteiger partial charge in [0, 0.05) is 5.92 Å². The van der Waals surface area contributed by atoms with Gasteiger partial charge in [-0.05, 0) is 17.9 Å². The van der Waals surface area contributed by atoms with Crippen molar-refractivity contribution in [2.24, 2.45) is 23.0 Å². The number of nitrogens with two attached hydrogens (primary N) is 1. The van der Waals surface area contributed by atoms with Crippen molar-refractivity contribution in [3.05, 3.63) is 0 Å². The van der Waals surface area contributed by atoms with E-state index in [4.69, 9.17) is 5.73 Å². The highest BCUT2D eigenvalue weighted by molar-refractivity contribution is 5.12. The number of hydrogen-bond donors (Lipinski definition) is 1. The monoisotopic (exact) mass is 217 g/mol. The smallest absolute Gasteiger partial charge is 0.330 e. The van der Waals surface area contributed by atoms with E-state index in [-0.39, 0.29) is 6.54 Å². The number of alkyl halides is 5. The van der Waals surface area contributed by atoms with Crippen LogP contribution >= 0.6 is 0 Å². The summed E-state index contributed by atoms with van der Waals surface area (Å²) in [7, 11) is 0. The van der Waals surface area contributed by atoms with Crippen LogP contribution in [0.1, 0.15) is 13.8 Å². The van der Waals surface area contributed by atoms with Crippen LogP contribution in [0.15, 0.2) is 0 Å². The first-order valence-electron chi connectivity index (χ1n) is 4.21. The second-order valence-electron chi connectivity index (χ2n) is 4.26. The Morgan fingerprint density at radius 1 is 1.14 bits per heavy atom. The van der Waals surface area contributed by atoms with E-state index in [0.29, 0.717) is 0 Å². The molecule has 2 atom stereocenters. The summed E-state index contributed by atoms with van der Waals surface area (Å²) in [5, 5.41) is 0. The molecular formula is C8H12F5N. The Balaban J connectivity index is 2.88. The van der Waals surface area contributed by atoms with E-state index in [0.717, 1.165) is 0 Å². The van der Waals surface area contributed by atoms with Crippen LogP contribution in [0.5, 0.6) is 0 Å². The van der Waals surface area contributed by atoms with E-state index in [9.17, 15) is 22.0 Å². The van der Waals surface area contributed by atoms with Crippen LogP contribution in [-0.4, -0.2) is 18.6 Å². The van der Waals surface area contributed by atoms with Gasteiger partial charge in [0.2, 0.25) is 0 Å². The summed E-state index contributed by atoms with van der Waals surface area (Å²) in [5.41, 5.74) is 4.12. The van der Waals surface area contributed by atoms with Crippen molar-refractivity contribution >= 4 is 0 Å². The molecule has 1 aliphatic carbocycles. The fourth-order valence-electron chi connectivity index (χ4n) is 2.08. The van der Waals surface area contributed by atoms with Crippen LogP contribution in [0.4, 0.5) is 22.0 Å². The van der Waals surface area contributed by atoms with Gasteiger partial charge in [0.1, 0.15) is 0 Å². The van der Waals surface area contributed by atoms with Gasteiger partial charge in [-0.25, -0.2) is 0 Å². The van der Waals surface area contributed by atoms with Crippen molar-refractivity contribution in [1.82, 2.24) is 0 Å². The lowest BCUT2D eigenvalue weighted by molar-refractivity contribution is -0.294. The van der Waals surface area contributed by atoms with Crippen molar-refractivity contribution in [1.29, 1.82) is 0 Å². The third-order valence-corrected chi connectivity index (χ3v) is 3.07. The Morgan fingerprint density at radius 2 is 1.57 bits per heavy atom. The second kappa shape index (κ2) is 2.81. The molecule has 2 unspecified atom stereocenters. The average molecular weight is 217 g/mol. The maximum atomic E-state index is 12.9. The molecule has 0 saturated heterocycles. The van der Waals surface area contributed by atoms with E-state index in [1.165, 1.54) is 13.8 Å². The van der Waals surface area contributed by atoms with Gasteiger partial charge in [-0.3, -0.25) is 0 Å². The third-order valence-electron chi connectivity index (χ3n) is 3.07. The molecule has 0 radical (unpaired) electrons. The minimum absolute atomic E-state index is 0.136. The predicted molar refractivity (Wildman–Crippen MR) is 40.8 cm³/mol. The van der Waals surface area contributed by atoms with Gasteiger partial charge in [0.05, 0.1) is 0 Å². The molecule has 0 spiro atoms. The standard InChI is InChI=1S/C8H12F5N/c1-6(2)4(3-14)5(6)7(9,10)8(11,12)13/h4-5H,3,14H2,1-2H3. The number of halogens is 5. The highest BCUT2D eigenvalue weighted by Gasteiger charge is 2.76. The van der Waals surface area contributed by atoms with Crippen LogP contribution in [0.2, 0.25) is 0 Å². The zero-order valence-corrected chi connectivity index (χ0v) is 7.83. The van der Waals surface area contributed by atoms with Gasteiger partial charge in [0.15, 0.2) is 0 Å². The largest absolute Gasteiger partial charge is 0.453 e. The van der Waals surface area contributed by atoms with Gasteiger partial charge >= 0.3 is 12.1 Å². The number of rotatable bonds is 2. The maximum Gasteiger partial charge on any atom is 0.453 e. The van der Waals surface area contributed by atoms with Crippen LogP contribution in [0.3, 0.4) is 0 Å². The average Bonchev–Trinajstić information content (AvgIpc) is 2.50. The van der Waals surface area contributed by atoms with Crippen LogP contribution < -0.4 is 5.73 Å². The first kappa shape index (κ1) is 11.7. The summed E-state index contributed by atoms with van der Waals surface area (Å²) < 4.78 is 61.7. The minimum Gasteiger partial charge on any atom is -0.330 e. The molecule has 1 aliphatic rings. The van der Waals surface area contributed by atoms with Gasteiger partial charge < -0.3 is 5.73 Å². The summed E-state index contributed by atoms with van der Waals surface area (Å²) in [6.07, 6.45) is -5.47. The van der Waals surface area contributed by atoms with E-state index in [1.54, 1.807) is 0 Å². The molecule has 2 N–H and O–H groups in total. The van der Waals surface area contributed by atoms with Gasteiger partial charge in [0.25, 0.3) is 0 Å². The molecule has 0 heterocycles. The topological polar surface area (TPSA) is 26.0 Å². The lowest BCUT2D eigenvalue weighted by Crippen LogP contribution is -2.40. The molecule has 14 heavy (non-hydrogen) atoms. The molecule has 0 bridgehead atoms. The molecule has 1 rings (SSSR count). The van der Waals surface area contributed by atoms with Crippen molar-refractivity contribution in [2.45, 2.75) is 25.9 Å². The molecule has 0 aliphatic heterocycles. The molecule has 6 heteroatoms. The Kier molecular flexibility index (Phi) is 2.34. The molecule has 84 valence electrons. The fourth-order valence-corrected chi connectivity index (χ4v) is 2.08. The van der Waals surface area contributed by atoms with Crippen LogP contribution in [-0.2, 0) is 0 Å². The maximum absolute atomic E-state index is 12.9. The zero-order chi connectivity index (χ0) is 11.4. The van der Waals surface area contributed by atoms with E-state index in [2.05, 4.69) is 0 Å². The van der Waals surface area contributed by atoms with Gasteiger partial charge in [-0.1, -0.05) is 13.8 Å². The summed E-state index contributed by atoms with van der Waals surface area (Å²) in [5.74, 6) is -7.06. The van der Waals surface area contributed by atoms with Crippen molar-refractivity contribution in [3.63, 3.8) is 0 Å². The molecular weight excluding hydrogens is 205 g/mol. The highest BCUT2D eigenvalue weighted by atomic mass is 19.4. The molecule has 1 saturated carbocycles. The summed E-state index contributed by atoms with van der Waals surface area (Å²) in [4.78, 5) is 0. The fraction of sp³-hybridized carbons (Fsp3) is 1.00. The lowest BCUT2D eigenvalue weighted by Gasteiger charge is -2.20.